The van der Waals surface area contributed by atoms with E-state index >= 15 is 0 Å². The molecule has 0 saturated heterocycles. The van der Waals surface area contributed by atoms with Crippen molar-refractivity contribution in [3.05, 3.63) is 71.2 Å². The summed E-state index contributed by atoms with van der Waals surface area (Å²) in [5.41, 5.74) is 2.36. The number of benzene rings is 2. The van der Waals surface area contributed by atoms with Gasteiger partial charge in [0.15, 0.2) is 5.82 Å². The SMILES string of the molecule is O=C(Nc1cc(-c2ccc(Cl)cc2)[nH]n1)c1ccccc1. The molecule has 1 heterocycles. The maximum atomic E-state index is 12.0. The minimum atomic E-state index is -0.190. The highest BCUT2D eigenvalue weighted by Crippen LogP contribution is 2.21. The number of halogens is 1. The van der Waals surface area contributed by atoms with E-state index in [1.54, 1.807) is 30.3 Å². The summed E-state index contributed by atoms with van der Waals surface area (Å²) in [6.45, 7) is 0. The van der Waals surface area contributed by atoms with Gasteiger partial charge < -0.3 is 5.32 Å². The van der Waals surface area contributed by atoms with Crippen LogP contribution in [-0.2, 0) is 0 Å². The number of rotatable bonds is 3. The van der Waals surface area contributed by atoms with Gasteiger partial charge in [-0.05, 0) is 29.8 Å². The maximum absolute atomic E-state index is 12.0. The van der Waals surface area contributed by atoms with Gasteiger partial charge in [0.05, 0.1) is 5.69 Å². The molecule has 3 rings (SSSR count). The van der Waals surface area contributed by atoms with Crippen molar-refractivity contribution >= 4 is 23.3 Å². The van der Waals surface area contributed by atoms with Gasteiger partial charge in [0.2, 0.25) is 0 Å². The fraction of sp³-hybridized carbons (Fsp3) is 0. The van der Waals surface area contributed by atoms with Gasteiger partial charge in [0.1, 0.15) is 0 Å². The molecule has 0 atom stereocenters. The van der Waals surface area contributed by atoms with E-state index in [1.165, 1.54) is 0 Å². The van der Waals surface area contributed by atoms with E-state index in [-0.39, 0.29) is 5.91 Å². The molecular formula is C16H12ClN3O. The Morgan fingerprint density at radius 3 is 2.48 bits per heavy atom. The molecule has 0 fully saturated rings. The first kappa shape index (κ1) is 13.4. The van der Waals surface area contributed by atoms with Crippen LogP contribution in [0.1, 0.15) is 10.4 Å². The predicted octanol–water partition coefficient (Wildman–Crippen LogP) is 3.98. The second-order valence-corrected chi connectivity index (χ2v) is 4.93. The van der Waals surface area contributed by atoms with E-state index in [0.29, 0.717) is 16.4 Å². The minimum absolute atomic E-state index is 0.190. The number of anilines is 1. The lowest BCUT2D eigenvalue weighted by atomic mass is 10.1. The van der Waals surface area contributed by atoms with Gasteiger partial charge in [0.25, 0.3) is 5.91 Å². The molecule has 0 aliphatic rings. The molecule has 2 aromatic carbocycles. The Kier molecular flexibility index (Phi) is 3.71. The average Bonchev–Trinajstić information content (AvgIpc) is 2.97. The summed E-state index contributed by atoms with van der Waals surface area (Å²) in [6.07, 6.45) is 0. The standard InChI is InChI=1S/C16H12ClN3O/c17-13-8-6-11(7-9-13)14-10-15(20-19-14)18-16(21)12-4-2-1-3-5-12/h1-10H,(H2,18,19,20,21). The van der Waals surface area contributed by atoms with Crippen LogP contribution in [0.25, 0.3) is 11.3 Å². The summed E-state index contributed by atoms with van der Waals surface area (Å²) in [7, 11) is 0. The van der Waals surface area contributed by atoms with Gasteiger partial charge >= 0.3 is 0 Å². The number of hydrogen-bond donors (Lipinski definition) is 2. The van der Waals surface area contributed by atoms with Crippen LogP contribution < -0.4 is 5.32 Å². The van der Waals surface area contributed by atoms with Gasteiger partial charge in [0, 0.05) is 16.7 Å². The van der Waals surface area contributed by atoms with Crippen molar-refractivity contribution in [2.24, 2.45) is 0 Å². The Bertz CT molecular complexity index is 751. The first-order chi connectivity index (χ1) is 10.2. The fourth-order valence-electron chi connectivity index (χ4n) is 1.94. The number of nitrogens with zero attached hydrogens (tertiary/aromatic N) is 1. The zero-order valence-corrected chi connectivity index (χ0v) is 11.8. The van der Waals surface area contributed by atoms with Crippen LogP contribution >= 0.6 is 11.6 Å². The average molecular weight is 298 g/mol. The van der Waals surface area contributed by atoms with E-state index < -0.39 is 0 Å². The first-order valence-electron chi connectivity index (χ1n) is 6.40. The summed E-state index contributed by atoms with van der Waals surface area (Å²) in [5, 5.41) is 10.4. The van der Waals surface area contributed by atoms with Crippen LogP contribution in [-0.4, -0.2) is 16.1 Å². The molecule has 0 bridgehead atoms. The number of amides is 1. The Labute approximate surface area is 126 Å². The predicted molar refractivity (Wildman–Crippen MR) is 83.4 cm³/mol. The van der Waals surface area contributed by atoms with Crippen LogP contribution in [0.4, 0.5) is 5.82 Å². The maximum Gasteiger partial charge on any atom is 0.256 e. The van der Waals surface area contributed by atoms with E-state index in [0.717, 1.165) is 11.3 Å². The quantitative estimate of drug-likeness (QED) is 0.768. The third-order valence-electron chi connectivity index (χ3n) is 3.01. The van der Waals surface area contributed by atoms with E-state index in [4.69, 9.17) is 11.6 Å². The molecule has 3 aromatic rings. The van der Waals surface area contributed by atoms with Crippen LogP contribution in [0.2, 0.25) is 5.02 Å². The van der Waals surface area contributed by atoms with Crippen molar-refractivity contribution in [2.75, 3.05) is 5.32 Å². The van der Waals surface area contributed by atoms with E-state index in [2.05, 4.69) is 15.5 Å². The van der Waals surface area contributed by atoms with Crippen LogP contribution in [0.5, 0.6) is 0 Å². The van der Waals surface area contributed by atoms with Gasteiger partial charge in [-0.15, -0.1) is 0 Å². The number of H-pyrrole nitrogens is 1. The number of carbonyl (C=O) groups is 1. The number of hydrogen-bond acceptors (Lipinski definition) is 2. The lowest BCUT2D eigenvalue weighted by Gasteiger charge is -2.00. The monoisotopic (exact) mass is 297 g/mol. The fourth-order valence-corrected chi connectivity index (χ4v) is 2.07. The van der Waals surface area contributed by atoms with Crippen molar-refractivity contribution in [3.8, 4) is 11.3 Å². The van der Waals surface area contributed by atoms with E-state index in [1.807, 2.05) is 30.3 Å². The normalized spacial score (nSPS) is 10.3. The Balaban J connectivity index is 1.76. The van der Waals surface area contributed by atoms with Gasteiger partial charge in [-0.3, -0.25) is 9.89 Å². The molecule has 0 spiro atoms. The lowest BCUT2D eigenvalue weighted by molar-refractivity contribution is 0.102. The molecule has 4 nitrogen and oxygen atoms in total. The second kappa shape index (κ2) is 5.81. The number of aromatic amines is 1. The Morgan fingerprint density at radius 2 is 1.76 bits per heavy atom. The summed E-state index contributed by atoms with van der Waals surface area (Å²) >= 11 is 5.86. The molecule has 0 saturated carbocycles. The van der Waals surface area contributed by atoms with Crippen molar-refractivity contribution in [1.29, 1.82) is 0 Å². The zero-order valence-electron chi connectivity index (χ0n) is 11.0. The largest absolute Gasteiger partial charge is 0.305 e. The summed E-state index contributed by atoms with van der Waals surface area (Å²) in [4.78, 5) is 12.0. The van der Waals surface area contributed by atoms with Crippen molar-refractivity contribution in [3.63, 3.8) is 0 Å². The van der Waals surface area contributed by atoms with Crippen LogP contribution in [0, 0.1) is 0 Å². The van der Waals surface area contributed by atoms with Gasteiger partial charge in [-0.25, -0.2) is 0 Å². The first-order valence-corrected chi connectivity index (χ1v) is 6.78. The van der Waals surface area contributed by atoms with Crippen molar-refractivity contribution in [1.82, 2.24) is 10.2 Å². The smallest absolute Gasteiger partial charge is 0.256 e. The molecule has 21 heavy (non-hydrogen) atoms. The Hall–Kier alpha value is -2.59. The summed E-state index contributed by atoms with van der Waals surface area (Å²) in [6, 6.07) is 18.2. The molecule has 1 amide bonds. The highest BCUT2D eigenvalue weighted by atomic mass is 35.5. The molecule has 0 aliphatic carbocycles. The number of aromatic nitrogens is 2. The highest BCUT2D eigenvalue weighted by molar-refractivity contribution is 6.30. The molecule has 5 heteroatoms. The minimum Gasteiger partial charge on any atom is -0.305 e. The van der Waals surface area contributed by atoms with Crippen LogP contribution in [0.3, 0.4) is 0 Å². The molecular weight excluding hydrogens is 286 g/mol. The number of nitrogens with one attached hydrogen (secondary N) is 2. The van der Waals surface area contributed by atoms with Crippen LogP contribution in [0.15, 0.2) is 60.7 Å². The zero-order chi connectivity index (χ0) is 14.7. The summed E-state index contributed by atoms with van der Waals surface area (Å²) < 4.78 is 0. The van der Waals surface area contributed by atoms with Crippen molar-refractivity contribution in [2.45, 2.75) is 0 Å². The third kappa shape index (κ3) is 3.12. The second-order valence-electron chi connectivity index (χ2n) is 4.49. The highest BCUT2D eigenvalue weighted by Gasteiger charge is 2.08. The number of carbonyl (C=O) groups excluding carboxylic acids is 1. The van der Waals surface area contributed by atoms with Crippen molar-refractivity contribution < 1.29 is 4.79 Å². The van der Waals surface area contributed by atoms with E-state index in [9.17, 15) is 4.79 Å². The third-order valence-corrected chi connectivity index (χ3v) is 3.26. The molecule has 0 aliphatic heterocycles. The molecule has 0 unspecified atom stereocenters. The topological polar surface area (TPSA) is 57.8 Å². The summed E-state index contributed by atoms with van der Waals surface area (Å²) in [5.74, 6) is 0.290. The van der Waals surface area contributed by atoms with Gasteiger partial charge in [-0.1, -0.05) is 41.9 Å². The molecule has 2 N–H and O–H groups in total. The van der Waals surface area contributed by atoms with Gasteiger partial charge in [-0.2, -0.15) is 5.10 Å². The lowest BCUT2D eigenvalue weighted by Crippen LogP contribution is -2.11. The molecule has 1 aromatic heterocycles. The molecule has 0 radical (unpaired) electrons. The Morgan fingerprint density at radius 1 is 1.05 bits per heavy atom. The molecule has 104 valence electrons.